The lowest BCUT2D eigenvalue weighted by Crippen LogP contribution is -2.21. The van der Waals surface area contributed by atoms with Crippen molar-refractivity contribution in [3.63, 3.8) is 0 Å². The van der Waals surface area contributed by atoms with Crippen molar-refractivity contribution in [2.24, 2.45) is 0 Å². The molecule has 0 bridgehead atoms. The minimum absolute atomic E-state index is 0.774. The first-order chi connectivity index (χ1) is 7.36. The third-order valence-corrected chi connectivity index (χ3v) is 3.00. The lowest BCUT2D eigenvalue weighted by molar-refractivity contribution is 0.200. The fourth-order valence-corrected chi connectivity index (χ4v) is 1.98. The Labute approximate surface area is 96.0 Å². The highest BCUT2D eigenvalue weighted by atomic mass is 32.1. The van der Waals surface area contributed by atoms with Crippen LogP contribution in [-0.4, -0.2) is 26.8 Å². The molecule has 0 amide bonds. The second-order valence-corrected chi connectivity index (χ2v) is 4.32. The molecule has 0 atom stereocenters. The minimum atomic E-state index is 0.774. The van der Waals surface area contributed by atoms with Gasteiger partial charge in [-0.2, -0.15) is 0 Å². The van der Waals surface area contributed by atoms with Gasteiger partial charge >= 0.3 is 0 Å². The van der Waals surface area contributed by atoms with E-state index in [1.54, 1.807) is 18.4 Å². The van der Waals surface area contributed by atoms with Crippen molar-refractivity contribution in [3.05, 3.63) is 28.0 Å². The van der Waals surface area contributed by atoms with Crippen molar-refractivity contribution in [1.82, 2.24) is 5.32 Å². The smallest absolute Gasteiger partial charge is 0.0587 e. The van der Waals surface area contributed by atoms with Gasteiger partial charge in [0.1, 0.15) is 0 Å². The second-order valence-electron chi connectivity index (χ2n) is 3.34. The normalized spacial score (nSPS) is 12.0. The van der Waals surface area contributed by atoms with Gasteiger partial charge in [0.05, 0.1) is 6.61 Å². The monoisotopic (exact) mass is 225 g/mol. The highest BCUT2D eigenvalue weighted by Gasteiger charge is 1.95. The number of hydrogen-bond donors (Lipinski definition) is 1. The van der Waals surface area contributed by atoms with Crippen molar-refractivity contribution < 1.29 is 4.74 Å². The lowest BCUT2D eigenvalue weighted by atomic mass is 10.2. The van der Waals surface area contributed by atoms with Gasteiger partial charge in [-0.1, -0.05) is 18.6 Å². The van der Waals surface area contributed by atoms with E-state index in [2.05, 4.69) is 35.8 Å². The molecule has 0 aliphatic rings. The predicted octanol–water partition coefficient (Wildman–Crippen LogP) is 2.78. The maximum atomic E-state index is 4.98. The maximum Gasteiger partial charge on any atom is 0.0587 e. The molecule has 0 unspecified atom stereocenters. The molecule has 0 spiro atoms. The first-order valence-electron chi connectivity index (χ1n) is 5.29. The summed E-state index contributed by atoms with van der Waals surface area (Å²) in [5, 5.41) is 5.47. The molecule has 3 heteroatoms. The Morgan fingerprint density at radius 3 is 3.07 bits per heavy atom. The standard InChI is InChI=1S/C12H19NOS/c1-3-11(10-13-6-7-14-2)9-12-5-4-8-15-12/h4-5,8-9,13H,3,6-7,10H2,1-2H3. The zero-order valence-electron chi connectivity index (χ0n) is 9.45. The molecule has 1 heterocycles. The van der Waals surface area contributed by atoms with Gasteiger partial charge in [0.15, 0.2) is 0 Å². The molecule has 0 fully saturated rings. The van der Waals surface area contributed by atoms with Crippen LogP contribution in [0.25, 0.3) is 6.08 Å². The molecule has 0 saturated heterocycles. The number of thiophene rings is 1. The molecule has 1 aromatic rings. The summed E-state index contributed by atoms with van der Waals surface area (Å²) in [4.78, 5) is 1.33. The van der Waals surface area contributed by atoms with Crippen molar-refractivity contribution in [2.45, 2.75) is 13.3 Å². The van der Waals surface area contributed by atoms with Crippen LogP contribution in [0.3, 0.4) is 0 Å². The summed E-state index contributed by atoms with van der Waals surface area (Å²) in [6.07, 6.45) is 3.36. The van der Waals surface area contributed by atoms with Crippen molar-refractivity contribution in [1.29, 1.82) is 0 Å². The molecule has 2 nitrogen and oxygen atoms in total. The first kappa shape index (κ1) is 12.4. The molecular formula is C12H19NOS. The molecule has 0 aromatic carbocycles. The van der Waals surface area contributed by atoms with E-state index in [4.69, 9.17) is 4.74 Å². The summed E-state index contributed by atoms with van der Waals surface area (Å²) in [6, 6.07) is 4.23. The molecule has 0 radical (unpaired) electrons. The number of methoxy groups -OCH3 is 1. The quantitative estimate of drug-likeness (QED) is 0.720. The van der Waals surface area contributed by atoms with Gasteiger partial charge in [0, 0.05) is 25.1 Å². The SMILES string of the molecule is CCC(=Cc1cccs1)CNCCOC. The molecule has 1 N–H and O–H groups in total. The van der Waals surface area contributed by atoms with E-state index in [0.29, 0.717) is 0 Å². The summed E-state index contributed by atoms with van der Waals surface area (Å²) in [5.41, 5.74) is 1.44. The first-order valence-corrected chi connectivity index (χ1v) is 6.17. The molecule has 0 aliphatic carbocycles. The Balaban J connectivity index is 2.35. The number of ether oxygens (including phenoxy) is 1. The van der Waals surface area contributed by atoms with Gasteiger partial charge in [-0.15, -0.1) is 11.3 Å². The molecule has 1 aromatic heterocycles. The molecule has 15 heavy (non-hydrogen) atoms. The number of nitrogens with one attached hydrogen (secondary N) is 1. The fraction of sp³-hybridized carbons (Fsp3) is 0.500. The summed E-state index contributed by atoms with van der Waals surface area (Å²) < 4.78 is 4.98. The average Bonchev–Trinajstić information content (AvgIpc) is 2.75. The van der Waals surface area contributed by atoms with Crippen molar-refractivity contribution in [2.75, 3.05) is 26.8 Å². The predicted molar refractivity (Wildman–Crippen MR) is 67.3 cm³/mol. The zero-order valence-corrected chi connectivity index (χ0v) is 10.3. The van der Waals surface area contributed by atoms with Gasteiger partial charge < -0.3 is 10.1 Å². The van der Waals surface area contributed by atoms with E-state index in [1.165, 1.54) is 10.5 Å². The Kier molecular flexibility index (Phi) is 6.32. The highest BCUT2D eigenvalue weighted by Crippen LogP contribution is 2.14. The fourth-order valence-electron chi connectivity index (χ4n) is 1.28. The van der Waals surface area contributed by atoms with E-state index in [1.807, 2.05) is 0 Å². The molecule has 84 valence electrons. The van der Waals surface area contributed by atoms with Crippen LogP contribution >= 0.6 is 11.3 Å². The Hall–Kier alpha value is -0.640. The highest BCUT2D eigenvalue weighted by molar-refractivity contribution is 7.10. The lowest BCUT2D eigenvalue weighted by Gasteiger charge is -2.06. The van der Waals surface area contributed by atoms with Gasteiger partial charge in [0.25, 0.3) is 0 Å². The van der Waals surface area contributed by atoms with Crippen LogP contribution in [0.15, 0.2) is 23.1 Å². The van der Waals surface area contributed by atoms with Crippen LogP contribution in [-0.2, 0) is 4.74 Å². The van der Waals surface area contributed by atoms with Crippen molar-refractivity contribution in [3.8, 4) is 0 Å². The third-order valence-electron chi connectivity index (χ3n) is 2.18. The molecular weight excluding hydrogens is 206 g/mol. The molecule has 0 saturated carbocycles. The van der Waals surface area contributed by atoms with E-state index < -0.39 is 0 Å². The molecule has 1 rings (SSSR count). The van der Waals surface area contributed by atoms with Gasteiger partial charge in [-0.3, -0.25) is 0 Å². The Bertz CT molecular complexity index is 280. The minimum Gasteiger partial charge on any atom is -0.383 e. The summed E-state index contributed by atoms with van der Waals surface area (Å²) in [7, 11) is 1.73. The summed E-state index contributed by atoms with van der Waals surface area (Å²) >= 11 is 1.78. The van der Waals surface area contributed by atoms with Gasteiger partial charge in [-0.25, -0.2) is 0 Å². The Morgan fingerprint density at radius 1 is 1.60 bits per heavy atom. The Morgan fingerprint density at radius 2 is 2.47 bits per heavy atom. The van der Waals surface area contributed by atoms with E-state index >= 15 is 0 Å². The van der Waals surface area contributed by atoms with Crippen LogP contribution in [0.1, 0.15) is 18.2 Å². The zero-order chi connectivity index (χ0) is 10.9. The summed E-state index contributed by atoms with van der Waals surface area (Å²) in [6.45, 7) is 4.84. The van der Waals surface area contributed by atoms with Crippen LogP contribution in [0.4, 0.5) is 0 Å². The summed E-state index contributed by atoms with van der Waals surface area (Å²) in [5.74, 6) is 0. The molecule has 0 aliphatic heterocycles. The van der Waals surface area contributed by atoms with Gasteiger partial charge in [-0.05, 0) is 23.9 Å². The average molecular weight is 225 g/mol. The van der Waals surface area contributed by atoms with Gasteiger partial charge in [0.2, 0.25) is 0 Å². The maximum absolute atomic E-state index is 4.98. The number of hydrogen-bond acceptors (Lipinski definition) is 3. The van der Waals surface area contributed by atoms with E-state index in [-0.39, 0.29) is 0 Å². The van der Waals surface area contributed by atoms with Crippen LogP contribution in [0.2, 0.25) is 0 Å². The number of rotatable bonds is 7. The van der Waals surface area contributed by atoms with Crippen LogP contribution < -0.4 is 5.32 Å². The second kappa shape index (κ2) is 7.63. The largest absolute Gasteiger partial charge is 0.383 e. The van der Waals surface area contributed by atoms with Crippen LogP contribution in [0, 0.1) is 0 Å². The van der Waals surface area contributed by atoms with E-state index in [0.717, 1.165) is 26.1 Å². The van der Waals surface area contributed by atoms with Crippen molar-refractivity contribution >= 4 is 17.4 Å². The van der Waals surface area contributed by atoms with Crippen LogP contribution in [0.5, 0.6) is 0 Å². The third kappa shape index (κ3) is 5.11. The topological polar surface area (TPSA) is 21.3 Å². The van der Waals surface area contributed by atoms with E-state index in [9.17, 15) is 0 Å².